The zero-order chi connectivity index (χ0) is 15.3. The summed E-state index contributed by atoms with van der Waals surface area (Å²) >= 11 is 0. The molecule has 0 aromatic heterocycles. The lowest BCUT2D eigenvalue weighted by Gasteiger charge is -2.07. The van der Waals surface area contributed by atoms with E-state index in [0.29, 0.717) is 18.2 Å². The van der Waals surface area contributed by atoms with Crippen LogP contribution in [0.4, 0.5) is 23.7 Å². The minimum Gasteiger partial charge on any atom is -0.478 e. The predicted octanol–water partition coefficient (Wildman–Crippen LogP) is 1.39. The maximum Gasteiger partial charge on any atom is 0.328 e. The van der Waals surface area contributed by atoms with Crippen molar-refractivity contribution in [3.8, 4) is 0 Å². The molecule has 0 fully saturated rings. The molecule has 0 aliphatic heterocycles. The monoisotopic (exact) mass is 288 g/mol. The first-order valence-electron chi connectivity index (χ1n) is 4.97. The fourth-order valence-electron chi connectivity index (χ4n) is 1.10. The molecule has 0 radical (unpaired) electrons. The van der Waals surface area contributed by atoms with Crippen LogP contribution in [0, 0.1) is 17.5 Å². The number of amides is 3. The van der Waals surface area contributed by atoms with Crippen LogP contribution in [-0.2, 0) is 9.59 Å². The van der Waals surface area contributed by atoms with Gasteiger partial charge in [-0.3, -0.25) is 10.1 Å². The number of hydrogen-bond donors (Lipinski definition) is 3. The summed E-state index contributed by atoms with van der Waals surface area (Å²) in [4.78, 5) is 32.3. The lowest BCUT2D eigenvalue weighted by atomic mass is 10.3. The van der Waals surface area contributed by atoms with Crippen LogP contribution in [-0.4, -0.2) is 23.0 Å². The highest BCUT2D eigenvalue weighted by molar-refractivity contribution is 6.06. The Morgan fingerprint density at radius 1 is 1.10 bits per heavy atom. The highest BCUT2D eigenvalue weighted by Crippen LogP contribution is 2.18. The molecule has 0 heterocycles. The van der Waals surface area contributed by atoms with Crippen LogP contribution >= 0.6 is 0 Å². The summed E-state index contributed by atoms with van der Waals surface area (Å²) in [5.74, 6) is -6.68. The Kier molecular flexibility index (Phi) is 4.84. The zero-order valence-electron chi connectivity index (χ0n) is 9.62. The van der Waals surface area contributed by atoms with E-state index in [9.17, 15) is 27.6 Å². The number of hydrogen-bond acceptors (Lipinski definition) is 3. The topological polar surface area (TPSA) is 95.5 Å². The van der Waals surface area contributed by atoms with Crippen LogP contribution in [0.1, 0.15) is 0 Å². The third-order valence-electron chi connectivity index (χ3n) is 1.86. The second-order valence-electron chi connectivity index (χ2n) is 3.36. The summed E-state index contributed by atoms with van der Waals surface area (Å²) in [6.45, 7) is 0. The van der Waals surface area contributed by atoms with Crippen molar-refractivity contribution in [2.45, 2.75) is 0 Å². The molecule has 3 amide bonds. The Bertz CT molecular complexity index is 602. The molecular formula is C11H7F3N2O4. The van der Waals surface area contributed by atoms with E-state index in [4.69, 9.17) is 5.11 Å². The second kappa shape index (κ2) is 6.36. The third-order valence-corrected chi connectivity index (χ3v) is 1.86. The van der Waals surface area contributed by atoms with Crippen molar-refractivity contribution in [3.63, 3.8) is 0 Å². The van der Waals surface area contributed by atoms with Gasteiger partial charge in [0, 0.05) is 24.3 Å². The Labute approximate surface area is 109 Å². The molecule has 9 heteroatoms. The maximum absolute atomic E-state index is 13.2. The number of benzene rings is 1. The summed E-state index contributed by atoms with van der Waals surface area (Å²) in [5.41, 5.74) is -0.810. The fourth-order valence-corrected chi connectivity index (χ4v) is 1.10. The molecule has 0 spiro atoms. The van der Waals surface area contributed by atoms with Gasteiger partial charge in [0.05, 0.1) is 5.69 Å². The average molecular weight is 288 g/mol. The van der Waals surface area contributed by atoms with E-state index in [1.165, 1.54) is 0 Å². The molecule has 0 unspecified atom stereocenters. The highest BCUT2D eigenvalue weighted by Gasteiger charge is 2.14. The molecule has 0 aliphatic carbocycles. The number of carboxylic acids is 1. The molecule has 106 valence electrons. The lowest BCUT2D eigenvalue weighted by Crippen LogP contribution is -2.33. The molecule has 0 saturated carbocycles. The summed E-state index contributed by atoms with van der Waals surface area (Å²) in [7, 11) is 0. The van der Waals surface area contributed by atoms with E-state index in [0.717, 1.165) is 0 Å². The number of nitrogens with one attached hydrogen (secondary N) is 2. The van der Waals surface area contributed by atoms with Gasteiger partial charge in [-0.05, 0) is 0 Å². The first kappa shape index (κ1) is 15.2. The fraction of sp³-hybridized carbons (Fsp3) is 0. The normalized spacial score (nSPS) is 10.3. The number of carbonyl (C=O) groups excluding carboxylic acids is 2. The lowest BCUT2D eigenvalue weighted by molar-refractivity contribution is -0.131. The number of halogens is 3. The zero-order valence-corrected chi connectivity index (χ0v) is 9.62. The largest absolute Gasteiger partial charge is 0.478 e. The van der Waals surface area contributed by atoms with Gasteiger partial charge in [-0.15, -0.1) is 0 Å². The predicted molar refractivity (Wildman–Crippen MR) is 60.3 cm³/mol. The molecule has 20 heavy (non-hydrogen) atoms. The molecule has 0 aliphatic rings. The number of imide groups is 1. The van der Waals surface area contributed by atoms with Crippen molar-refractivity contribution in [1.29, 1.82) is 0 Å². The molecule has 6 nitrogen and oxygen atoms in total. The summed E-state index contributed by atoms with van der Waals surface area (Å²) in [5, 5.41) is 11.5. The molecule has 3 N–H and O–H groups in total. The quantitative estimate of drug-likeness (QED) is 0.578. The van der Waals surface area contributed by atoms with Crippen LogP contribution in [0.15, 0.2) is 24.3 Å². The van der Waals surface area contributed by atoms with E-state index in [-0.39, 0.29) is 6.07 Å². The van der Waals surface area contributed by atoms with E-state index >= 15 is 0 Å². The SMILES string of the molecule is O=C(O)C=CC(=O)NC(=O)Nc1cc(F)cc(F)c1F. The van der Waals surface area contributed by atoms with Crippen LogP contribution in [0.2, 0.25) is 0 Å². The number of rotatable bonds is 3. The van der Waals surface area contributed by atoms with Crippen LogP contribution in [0.5, 0.6) is 0 Å². The van der Waals surface area contributed by atoms with Crippen molar-refractivity contribution >= 4 is 23.6 Å². The summed E-state index contributed by atoms with van der Waals surface area (Å²) in [6, 6.07) is -0.497. The minimum atomic E-state index is -1.52. The number of anilines is 1. The standard InChI is InChI=1S/C11H7F3N2O4/c12-5-3-6(13)10(14)7(4-5)15-11(20)16-8(17)1-2-9(18)19/h1-4H,(H,18,19)(H2,15,16,17,20). The Hall–Kier alpha value is -2.84. The van der Waals surface area contributed by atoms with E-state index in [1.807, 2.05) is 0 Å². The van der Waals surface area contributed by atoms with E-state index in [1.54, 1.807) is 10.6 Å². The maximum atomic E-state index is 13.2. The van der Waals surface area contributed by atoms with Crippen molar-refractivity contribution in [2.75, 3.05) is 5.32 Å². The Morgan fingerprint density at radius 3 is 2.35 bits per heavy atom. The first-order valence-corrected chi connectivity index (χ1v) is 4.97. The third kappa shape index (κ3) is 4.44. The van der Waals surface area contributed by atoms with Gasteiger partial charge < -0.3 is 10.4 Å². The first-order chi connectivity index (χ1) is 9.29. The van der Waals surface area contributed by atoms with Gasteiger partial charge in [-0.1, -0.05) is 0 Å². The Balaban J connectivity index is 2.72. The summed E-state index contributed by atoms with van der Waals surface area (Å²) in [6.07, 6.45) is 0.996. The number of urea groups is 1. The number of aliphatic carboxylic acids is 1. The molecule has 1 aromatic rings. The molecule has 1 rings (SSSR count). The molecule has 0 atom stereocenters. The van der Waals surface area contributed by atoms with Gasteiger partial charge in [0.2, 0.25) is 0 Å². The van der Waals surface area contributed by atoms with Gasteiger partial charge in [0.25, 0.3) is 5.91 Å². The highest BCUT2D eigenvalue weighted by atomic mass is 19.2. The van der Waals surface area contributed by atoms with E-state index < -0.39 is 41.0 Å². The van der Waals surface area contributed by atoms with Gasteiger partial charge in [-0.2, -0.15) is 0 Å². The van der Waals surface area contributed by atoms with Gasteiger partial charge in [0.15, 0.2) is 11.6 Å². The molecule has 0 saturated heterocycles. The van der Waals surface area contributed by atoms with Gasteiger partial charge >= 0.3 is 12.0 Å². The van der Waals surface area contributed by atoms with Crippen molar-refractivity contribution in [3.05, 3.63) is 41.7 Å². The average Bonchev–Trinajstić information content (AvgIpc) is 2.32. The molecule has 0 bridgehead atoms. The number of carbonyl (C=O) groups is 3. The van der Waals surface area contributed by atoms with Crippen molar-refractivity contribution < 1.29 is 32.7 Å². The number of carboxylic acid groups (broad SMARTS) is 1. The van der Waals surface area contributed by atoms with E-state index in [2.05, 4.69) is 0 Å². The van der Waals surface area contributed by atoms with Crippen molar-refractivity contribution in [2.24, 2.45) is 0 Å². The minimum absolute atomic E-state index is 0.277. The van der Waals surface area contributed by atoms with Gasteiger partial charge in [-0.25, -0.2) is 22.8 Å². The Morgan fingerprint density at radius 2 is 1.75 bits per heavy atom. The smallest absolute Gasteiger partial charge is 0.328 e. The summed E-state index contributed by atoms with van der Waals surface area (Å²) < 4.78 is 38.8. The van der Waals surface area contributed by atoms with Crippen molar-refractivity contribution in [1.82, 2.24) is 5.32 Å². The van der Waals surface area contributed by atoms with Crippen LogP contribution < -0.4 is 10.6 Å². The van der Waals surface area contributed by atoms with Gasteiger partial charge in [0.1, 0.15) is 5.82 Å². The molecular weight excluding hydrogens is 281 g/mol. The van der Waals surface area contributed by atoms with Crippen LogP contribution in [0.3, 0.4) is 0 Å². The van der Waals surface area contributed by atoms with Crippen LogP contribution in [0.25, 0.3) is 0 Å². The second-order valence-corrected chi connectivity index (χ2v) is 3.36. The molecule has 1 aromatic carbocycles.